The lowest BCUT2D eigenvalue weighted by atomic mass is 9.96. The van der Waals surface area contributed by atoms with Crippen LogP contribution in [0.4, 0.5) is 5.00 Å². The van der Waals surface area contributed by atoms with Crippen molar-refractivity contribution in [1.82, 2.24) is 0 Å². The number of hydrogen-bond acceptors (Lipinski definition) is 4. The molecule has 3 rings (SSSR count). The Bertz CT molecular complexity index is 821. The Morgan fingerprint density at radius 1 is 1.30 bits per heavy atom. The van der Waals surface area contributed by atoms with Crippen molar-refractivity contribution in [2.75, 3.05) is 7.11 Å². The second-order valence-corrected chi connectivity index (χ2v) is 8.76. The molecule has 1 heterocycles. The van der Waals surface area contributed by atoms with Crippen LogP contribution in [0.3, 0.4) is 0 Å². The number of aryl methyl sites for hydroxylation is 1. The van der Waals surface area contributed by atoms with E-state index in [9.17, 15) is 5.26 Å². The van der Waals surface area contributed by atoms with Gasteiger partial charge in [-0.3, -0.25) is 0 Å². The van der Waals surface area contributed by atoms with Crippen LogP contribution in [-0.4, -0.2) is 13.3 Å². The van der Waals surface area contributed by atoms with Crippen molar-refractivity contribution in [1.29, 1.82) is 5.26 Å². The molecule has 0 fully saturated rings. The van der Waals surface area contributed by atoms with Crippen LogP contribution in [0.25, 0.3) is 0 Å². The minimum absolute atomic E-state index is 0.764. The number of ether oxygens (including phenoxy) is 1. The highest BCUT2D eigenvalue weighted by molar-refractivity contribution is 14.1. The molecule has 0 atom stereocenters. The molecule has 0 amide bonds. The zero-order valence-electron chi connectivity index (χ0n) is 12.5. The van der Waals surface area contributed by atoms with Crippen molar-refractivity contribution in [3.63, 3.8) is 0 Å². The van der Waals surface area contributed by atoms with E-state index >= 15 is 0 Å². The summed E-state index contributed by atoms with van der Waals surface area (Å²) in [6.45, 7) is 0. The molecule has 1 aromatic heterocycles. The molecule has 0 saturated heterocycles. The number of nitriles is 1. The molecule has 0 radical (unpaired) electrons. The standard InChI is InChI=1S/C17H14I2N2OS/c1-22-16-10(6-11(18)7-14(16)19)9-21-17-13(8-20)12-4-2-3-5-15(12)23-17/h6-7,9H,2-5H2,1H3. The highest BCUT2D eigenvalue weighted by Crippen LogP contribution is 2.39. The summed E-state index contributed by atoms with van der Waals surface area (Å²) < 4.78 is 7.69. The number of aliphatic imine (C=N–C) groups is 1. The minimum Gasteiger partial charge on any atom is -0.495 e. The molecule has 0 spiro atoms. The molecule has 0 aliphatic heterocycles. The summed E-state index contributed by atoms with van der Waals surface area (Å²) >= 11 is 6.22. The second kappa shape index (κ2) is 7.49. The highest BCUT2D eigenvalue weighted by Gasteiger charge is 2.20. The number of fused-ring (bicyclic) bond motifs is 1. The first-order valence-electron chi connectivity index (χ1n) is 7.25. The first-order chi connectivity index (χ1) is 11.1. The maximum Gasteiger partial charge on any atom is 0.141 e. The molecule has 1 aliphatic carbocycles. The number of nitrogens with zero attached hydrogens (tertiary/aromatic N) is 2. The van der Waals surface area contributed by atoms with Gasteiger partial charge in [0.05, 0.1) is 16.2 Å². The molecule has 0 bridgehead atoms. The molecule has 3 nitrogen and oxygen atoms in total. The van der Waals surface area contributed by atoms with Crippen LogP contribution in [-0.2, 0) is 12.8 Å². The lowest BCUT2D eigenvalue weighted by molar-refractivity contribution is 0.411. The maximum absolute atomic E-state index is 9.51. The molecule has 0 saturated carbocycles. The van der Waals surface area contributed by atoms with Crippen LogP contribution in [0.2, 0.25) is 0 Å². The summed E-state index contributed by atoms with van der Waals surface area (Å²) in [5.74, 6) is 0.828. The van der Waals surface area contributed by atoms with Crippen LogP contribution in [0.1, 0.15) is 34.4 Å². The van der Waals surface area contributed by atoms with E-state index in [0.717, 1.165) is 41.9 Å². The highest BCUT2D eigenvalue weighted by atomic mass is 127. The zero-order chi connectivity index (χ0) is 16.4. The van der Waals surface area contributed by atoms with Crippen molar-refractivity contribution < 1.29 is 4.74 Å². The zero-order valence-corrected chi connectivity index (χ0v) is 17.7. The number of benzene rings is 1. The van der Waals surface area contributed by atoms with E-state index < -0.39 is 0 Å². The van der Waals surface area contributed by atoms with E-state index in [-0.39, 0.29) is 0 Å². The Morgan fingerprint density at radius 2 is 2.09 bits per heavy atom. The van der Waals surface area contributed by atoms with E-state index in [1.165, 1.54) is 23.3 Å². The largest absolute Gasteiger partial charge is 0.495 e. The summed E-state index contributed by atoms with van der Waals surface area (Å²) in [6.07, 6.45) is 6.29. The van der Waals surface area contributed by atoms with E-state index in [1.807, 2.05) is 12.3 Å². The monoisotopic (exact) mass is 548 g/mol. The van der Waals surface area contributed by atoms with E-state index in [0.29, 0.717) is 0 Å². The van der Waals surface area contributed by atoms with Crippen molar-refractivity contribution in [3.05, 3.63) is 40.8 Å². The fraction of sp³-hybridized carbons (Fsp3) is 0.294. The summed E-state index contributed by atoms with van der Waals surface area (Å²) in [6, 6.07) is 6.47. The van der Waals surface area contributed by atoms with Gasteiger partial charge in [0, 0.05) is 20.2 Å². The number of halogens is 2. The fourth-order valence-electron chi connectivity index (χ4n) is 2.78. The van der Waals surface area contributed by atoms with Crippen LogP contribution in [0.5, 0.6) is 5.75 Å². The van der Waals surface area contributed by atoms with Gasteiger partial charge in [-0.15, -0.1) is 11.3 Å². The first-order valence-corrected chi connectivity index (χ1v) is 10.2. The number of hydrogen-bond donors (Lipinski definition) is 0. The molecule has 1 aliphatic rings. The Hall–Kier alpha value is -0.660. The van der Waals surface area contributed by atoms with Crippen molar-refractivity contribution in [2.45, 2.75) is 25.7 Å². The number of rotatable bonds is 3. The topological polar surface area (TPSA) is 45.4 Å². The Kier molecular flexibility index (Phi) is 5.59. The molecule has 2 aromatic rings. The average molecular weight is 548 g/mol. The van der Waals surface area contributed by atoms with Gasteiger partial charge < -0.3 is 4.74 Å². The van der Waals surface area contributed by atoms with Gasteiger partial charge in [0.2, 0.25) is 0 Å². The molecule has 1 aromatic carbocycles. The smallest absolute Gasteiger partial charge is 0.141 e. The van der Waals surface area contributed by atoms with Gasteiger partial charge in [0.1, 0.15) is 16.8 Å². The summed E-state index contributed by atoms with van der Waals surface area (Å²) in [4.78, 5) is 5.96. The van der Waals surface area contributed by atoms with Gasteiger partial charge in [-0.25, -0.2) is 4.99 Å². The SMILES string of the molecule is COc1c(I)cc(I)cc1C=Nc1sc2c(c1C#N)CCCC2. The quantitative estimate of drug-likeness (QED) is 0.378. The molecule has 0 N–H and O–H groups in total. The number of thiophene rings is 1. The third-order valence-electron chi connectivity index (χ3n) is 3.83. The first kappa shape index (κ1) is 17.2. The van der Waals surface area contributed by atoms with Crippen molar-refractivity contribution in [2.24, 2.45) is 4.99 Å². The van der Waals surface area contributed by atoms with Crippen LogP contribution >= 0.6 is 56.5 Å². The summed E-state index contributed by atoms with van der Waals surface area (Å²) in [5.41, 5.74) is 2.93. The van der Waals surface area contributed by atoms with E-state index in [4.69, 9.17) is 4.74 Å². The maximum atomic E-state index is 9.51. The van der Waals surface area contributed by atoms with Crippen molar-refractivity contribution in [3.8, 4) is 11.8 Å². The van der Waals surface area contributed by atoms with Gasteiger partial charge >= 0.3 is 0 Å². The fourth-order valence-corrected chi connectivity index (χ4v) is 6.07. The molecule has 118 valence electrons. The molecule has 0 unspecified atom stereocenters. The normalized spacial score (nSPS) is 13.8. The van der Waals surface area contributed by atoms with Crippen LogP contribution < -0.4 is 4.74 Å². The third-order valence-corrected chi connectivity index (χ3v) is 6.45. The lowest BCUT2D eigenvalue weighted by Gasteiger charge is -2.09. The molecular weight excluding hydrogens is 534 g/mol. The molecular formula is C17H14I2N2OS. The average Bonchev–Trinajstić information content (AvgIpc) is 2.89. The van der Waals surface area contributed by atoms with E-state index in [1.54, 1.807) is 18.4 Å². The van der Waals surface area contributed by atoms with Gasteiger partial charge in [0.15, 0.2) is 0 Å². The molecule has 6 heteroatoms. The minimum atomic E-state index is 0.764. The third kappa shape index (κ3) is 3.56. The van der Waals surface area contributed by atoms with Gasteiger partial charge in [0.25, 0.3) is 0 Å². The predicted octanol–water partition coefficient (Wildman–Crippen LogP) is 5.47. The summed E-state index contributed by atoms with van der Waals surface area (Å²) in [7, 11) is 1.67. The van der Waals surface area contributed by atoms with Gasteiger partial charge in [-0.1, -0.05) is 0 Å². The second-order valence-electron chi connectivity index (χ2n) is 5.27. The Morgan fingerprint density at radius 3 is 2.83 bits per heavy atom. The Labute approximate surface area is 167 Å². The van der Waals surface area contributed by atoms with Gasteiger partial charge in [-0.2, -0.15) is 5.26 Å². The Balaban J connectivity index is 2.01. The predicted molar refractivity (Wildman–Crippen MR) is 111 cm³/mol. The lowest BCUT2D eigenvalue weighted by Crippen LogP contribution is -1.99. The van der Waals surface area contributed by atoms with Gasteiger partial charge in [-0.05, 0) is 88.6 Å². The summed E-state index contributed by atoms with van der Waals surface area (Å²) in [5, 5.41) is 10.3. The molecule has 23 heavy (non-hydrogen) atoms. The van der Waals surface area contributed by atoms with Crippen LogP contribution in [0, 0.1) is 18.5 Å². The number of methoxy groups -OCH3 is 1. The van der Waals surface area contributed by atoms with Crippen LogP contribution in [0.15, 0.2) is 17.1 Å². The van der Waals surface area contributed by atoms with Crippen molar-refractivity contribution >= 4 is 67.7 Å². The van der Waals surface area contributed by atoms with E-state index in [2.05, 4.69) is 62.3 Å².